The van der Waals surface area contributed by atoms with Gasteiger partial charge < -0.3 is 15.9 Å². The van der Waals surface area contributed by atoms with Crippen LogP contribution in [0.25, 0.3) is 0 Å². The highest BCUT2D eigenvalue weighted by molar-refractivity contribution is 6.48. The predicted octanol–water partition coefficient (Wildman–Crippen LogP) is 1.35. The second kappa shape index (κ2) is 5.68. The van der Waals surface area contributed by atoms with Crippen LogP contribution in [0.15, 0.2) is 0 Å². The van der Waals surface area contributed by atoms with Crippen molar-refractivity contribution in [2.75, 3.05) is 0 Å². The van der Waals surface area contributed by atoms with Crippen molar-refractivity contribution in [3.05, 3.63) is 0 Å². The molecule has 1 aliphatic carbocycles. The fourth-order valence-electron chi connectivity index (χ4n) is 2.60. The maximum atomic E-state index is 11.3. The van der Waals surface area contributed by atoms with E-state index in [2.05, 4.69) is 0 Å². The van der Waals surface area contributed by atoms with Crippen LogP contribution < -0.4 is 5.73 Å². The van der Waals surface area contributed by atoms with Crippen LogP contribution in [-0.2, 0) is 4.79 Å². The van der Waals surface area contributed by atoms with Gasteiger partial charge in [0, 0.05) is 6.04 Å². The monoisotopic (exact) mass is 227 g/mol. The Morgan fingerprint density at radius 1 is 1.56 bits per heavy atom. The summed E-state index contributed by atoms with van der Waals surface area (Å²) in [6.45, 7) is 1.48. The zero-order valence-corrected chi connectivity index (χ0v) is 9.98. The Balaban J connectivity index is 2.38. The first-order valence-electron chi connectivity index (χ1n) is 6.13. The number of carbonyl (C=O) groups is 1. The van der Waals surface area contributed by atoms with E-state index in [1.54, 1.807) is 6.82 Å². The van der Waals surface area contributed by atoms with E-state index in [-0.39, 0.29) is 13.0 Å². The van der Waals surface area contributed by atoms with Gasteiger partial charge in [-0.2, -0.15) is 0 Å². The molecule has 1 aliphatic rings. The molecule has 0 bridgehead atoms. The number of hydrogen-bond donors (Lipinski definition) is 3. The molecule has 1 saturated carbocycles. The van der Waals surface area contributed by atoms with Crippen molar-refractivity contribution in [2.45, 2.75) is 57.7 Å². The lowest BCUT2D eigenvalue weighted by Crippen LogP contribution is -2.30. The molecule has 5 heteroatoms. The number of aliphatic carboxylic acids is 1. The van der Waals surface area contributed by atoms with Crippen molar-refractivity contribution in [2.24, 2.45) is 11.1 Å². The van der Waals surface area contributed by atoms with E-state index in [4.69, 9.17) is 10.8 Å². The maximum absolute atomic E-state index is 11.3. The number of unbranched alkanes of at least 4 members (excludes halogenated alkanes) is 1. The minimum absolute atomic E-state index is 0.0489. The highest BCUT2D eigenvalue weighted by Crippen LogP contribution is 2.42. The maximum Gasteiger partial charge on any atom is 0.309 e. The van der Waals surface area contributed by atoms with E-state index in [1.165, 1.54) is 0 Å². The van der Waals surface area contributed by atoms with E-state index < -0.39 is 11.4 Å². The normalized spacial score (nSPS) is 29.3. The summed E-state index contributed by atoms with van der Waals surface area (Å²) in [6.07, 6.45) is 5.34. The first-order valence-corrected chi connectivity index (χ1v) is 6.13. The van der Waals surface area contributed by atoms with Gasteiger partial charge in [-0.3, -0.25) is 4.79 Å². The van der Waals surface area contributed by atoms with E-state index in [9.17, 15) is 9.90 Å². The molecule has 2 atom stereocenters. The summed E-state index contributed by atoms with van der Waals surface area (Å²) in [5, 5.41) is 18.4. The van der Waals surface area contributed by atoms with Crippen molar-refractivity contribution < 1.29 is 14.9 Å². The zero-order valence-electron chi connectivity index (χ0n) is 9.98. The molecule has 0 amide bonds. The largest absolute Gasteiger partial charge is 0.481 e. The van der Waals surface area contributed by atoms with E-state index >= 15 is 0 Å². The van der Waals surface area contributed by atoms with Gasteiger partial charge in [0.05, 0.1) is 5.41 Å². The van der Waals surface area contributed by atoms with Crippen molar-refractivity contribution in [3.63, 3.8) is 0 Å². The molecule has 0 unspecified atom stereocenters. The average Bonchev–Trinajstić information content (AvgIpc) is 2.56. The summed E-state index contributed by atoms with van der Waals surface area (Å²) >= 11 is 0. The average molecular weight is 227 g/mol. The predicted molar refractivity (Wildman–Crippen MR) is 64.4 cm³/mol. The molecule has 4 N–H and O–H groups in total. The van der Waals surface area contributed by atoms with E-state index in [0.717, 1.165) is 25.6 Å². The second-order valence-electron chi connectivity index (χ2n) is 5.18. The Kier molecular flexibility index (Phi) is 4.80. The molecular weight excluding hydrogens is 205 g/mol. The van der Waals surface area contributed by atoms with Gasteiger partial charge in [-0.15, -0.1) is 0 Å². The second-order valence-corrected chi connectivity index (χ2v) is 5.18. The number of hydrogen-bond acceptors (Lipinski definition) is 3. The SMILES string of the molecule is CB(O)CCCC[C@@]1(C(=O)O)CC[C@H](N)C1. The fraction of sp³-hybridized carbons (Fsp3) is 0.909. The van der Waals surface area contributed by atoms with Crippen LogP contribution in [0.3, 0.4) is 0 Å². The van der Waals surface area contributed by atoms with E-state index in [1.807, 2.05) is 0 Å². The first kappa shape index (κ1) is 13.5. The van der Waals surface area contributed by atoms with Crippen LogP contribution >= 0.6 is 0 Å². The molecule has 0 heterocycles. The zero-order chi connectivity index (χ0) is 12.2. The molecule has 92 valence electrons. The lowest BCUT2D eigenvalue weighted by Gasteiger charge is -2.23. The lowest BCUT2D eigenvalue weighted by molar-refractivity contribution is -0.149. The van der Waals surface area contributed by atoms with Crippen LogP contribution in [-0.4, -0.2) is 29.1 Å². The summed E-state index contributed by atoms with van der Waals surface area (Å²) in [5.74, 6) is -0.697. The third kappa shape index (κ3) is 3.49. The Labute approximate surface area is 97.3 Å². The van der Waals surface area contributed by atoms with Gasteiger partial charge in [-0.05, 0) is 32.0 Å². The van der Waals surface area contributed by atoms with Gasteiger partial charge in [0.1, 0.15) is 0 Å². The Bertz CT molecular complexity index is 247. The van der Waals surface area contributed by atoms with Crippen LogP contribution in [0.5, 0.6) is 0 Å². The van der Waals surface area contributed by atoms with Crippen molar-refractivity contribution in [1.82, 2.24) is 0 Å². The molecule has 0 aromatic rings. The number of carboxylic acid groups (broad SMARTS) is 1. The number of rotatable bonds is 6. The summed E-state index contributed by atoms with van der Waals surface area (Å²) in [4.78, 5) is 11.3. The first-order chi connectivity index (χ1) is 7.46. The van der Waals surface area contributed by atoms with Gasteiger partial charge in [0.15, 0.2) is 0 Å². The van der Waals surface area contributed by atoms with E-state index in [0.29, 0.717) is 19.3 Å². The minimum atomic E-state index is -0.697. The highest BCUT2D eigenvalue weighted by atomic mass is 16.4. The molecule has 0 saturated heterocycles. The summed E-state index contributed by atoms with van der Waals surface area (Å²) in [5.41, 5.74) is 5.21. The molecule has 0 aromatic heterocycles. The standard InChI is InChI=1S/C11H22BNO3/c1-12(16)7-3-2-5-11(10(14)15)6-4-9(13)8-11/h9,16H,2-8,13H2,1H3,(H,14,15)/t9-,11+/m0/s1. The topological polar surface area (TPSA) is 83.5 Å². The lowest BCUT2D eigenvalue weighted by atomic mass is 9.66. The molecule has 1 rings (SSSR count). The van der Waals surface area contributed by atoms with Gasteiger partial charge in [-0.25, -0.2) is 0 Å². The Morgan fingerprint density at radius 2 is 2.25 bits per heavy atom. The fourth-order valence-corrected chi connectivity index (χ4v) is 2.60. The van der Waals surface area contributed by atoms with Crippen molar-refractivity contribution in [3.8, 4) is 0 Å². The van der Waals surface area contributed by atoms with Gasteiger partial charge in [-0.1, -0.05) is 19.7 Å². The third-order valence-corrected chi connectivity index (χ3v) is 3.63. The molecule has 4 nitrogen and oxygen atoms in total. The van der Waals surface area contributed by atoms with Gasteiger partial charge in [0.2, 0.25) is 0 Å². The van der Waals surface area contributed by atoms with Crippen molar-refractivity contribution in [1.29, 1.82) is 0 Å². The van der Waals surface area contributed by atoms with Crippen molar-refractivity contribution >= 4 is 12.9 Å². The molecule has 0 aliphatic heterocycles. The third-order valence-electron chi connectivity index (χ3n) is 3.63. The Morgan fingerprint density at radius 3 is 2.69 bits per heavy atom. The molecule has 0 spiro atoms. The molecular formula is C11H22BNO3. The summed E-state index contributed by atoms with van der Waals surface area (Å²) in [6, 6.07) is 0.0489. The number of nitrogens with two attached hydrogens (primary N) is 1. The van der Waals surface area contributed by atoms with Crippen LogP contribution in [0.4, 0.5) is 0 Å². The van der Waals surface area contributed by atoms with Gasteiger partial charge >= 0.3 is 5.97 Å². The molecule has 1 fully saturated rings. The van der Waals surface area contributed by atoms with Crippen LogP contribution in [0.2, 0.25) is 13.1 Å². The highest BCUT2D eigenvalue weighted by Gasteiger charge is 2.43. The summed E-state index contributed by atoms with van der Waals surface area (Å²) in [7, 11) is 0. The molecule has 0 radical (unpaired) electrons. The molecule has 0 aromatic carbocycles. The quantitative estimate of drug-likeness (QED) is 0.472. The van der Waals surface area contributed by atoms with Crippen LogP contribution in [0, 0.1) is 5.41 Å². The number of carboxylic acids is 1. The smallest absolute Gasteiger partial charge is 0.309 e. The minimum Gasteiger partial charge on any atom is -0.481 e. The molecule has 16 heavy (non-hydrogen) atoms. The summed E-state index contributed by atoms with van der Waals surface area (Å²) < 4.78 is 0. The van der Waals surface area contributed by atoms with Gasteiger partial charge in [0.25, 0.3) is 6.92 Å². The Hall–Kier alpha value is -0.545. The van der Waals surface area contributed by atoms with Crippen LogP contribution in [0.1, 0.15) is 38.5 Å².